The van der Waals surface area contributed by atoms with Crippen LogP contribution in [-0.4, -0.2) is 54.6 Å². The highest BCUT2D eigenvalue weighted by atomic mass is 19.1. The van der Waals surface area contributed by atoms with Crippen molar-refractivity contribution < 1.29 is 4.39 Å². The maximum atomic E-state index is 13.8. The predicted molar refractivity (Wildman–Crippen MR) is 79.7 cm³/mol. The van der Waals surface area contributed by atoms with Gasteiger partial charge >= 0.3 is 0 Å². The van der Waals surface area contributed by atoms with Crippen molar-refractivity contribution in [1.82, 2.24) is 14.9 Å². The van der Waals surface area contributed by atoms with Crippen molar-refractivity contribution in [1.29, 1.82) is 0 Å². The maximum Gasteiger partial charge on any atom is 0.224 e. The molecule has 1 aromatic heterocycles. The van der Waals surface area contributed by atoms with E-state index in [2.05, 4.69) is 27.1 Å². The fraction of sp³-hybridized carbons (Fsp3) is 0.714. The molecule has 0 atom stereocenters. The predicted octanol–water partition coefficient (Wildman–Crippen LogP) is 1.97. The molecule has 0 bridgehead atoms. The van der Waals surface area contributed by atoms with Gasteiger partial charge in [0.05, 0.1) is 6.20 Å². The van der Waals surface area contributed by atoms with E-state index in [0.29, 0.717) is 11.8 Å². The number of likely N-dealkylation sites (tertiary alicyclic amines) is 1. The molecule has 0 radical (unpaired) electrons. The number of rotatable bonds is 7. The molecule has 1 N–H and O–H groups in total. The fourth-order valence-electron chi connectivity index (χ4n) is 2.35. The summed E-state index contributed by atoms with van der Waals surface area (Å²) in [6.07, 6.45) is 4.78. The molecule has 0 unspecified atom stereocenters. The number of hydrogen-bond acceptors (Lipinski definition) is 5. The van der Waals surface area contributed by atoms with E-state index in [1.165, 1.54) is 19.0 Å². The second kappa shape index (κ2) is 7.38. The first-order chi connectivity index (χ1) is 9.70. The number of anilines is 2. The second-order valence-electron chi connectivity index (χ2n) is 5.26. The number of nitrogens with one attached hydrogen (secondary N) is 1. The molecule has 1 aliphatic heterocycles. The molecule has 1 saturated heterocycles. The van der Waals surface area contributed by atoms with Gasteiger partial charge in [-0.25, -0.2) is 9.37 Å². The van der Waals surface area contributed by atoms with Crippen molar-refractivity contribution in [3.8, 4) is 0 Å². The second-order valence-corrected chi connectivity index (χ2v) is 5.26. The van der Waals surface area contributed by atoms with E-state index in [9.17, 15) is 4.39 Å². The summed E-state index contributed by atoms with van der Waals surface area (Å²) in [5.41, 5.74) is 0. The molecular formula is C14H24FN5. The standard InChI is InChI=1S/C14H24FN5/c1-3-6-16-14-17-11-12(15)13(18-14)19(2)9-10-20-7-4-5-8-20/h11H,3-10H2,1-2H3,(H,16,17,18). The summed E-state index contributed by atoms with van der Waals surface area (Å²) >= 11 is 0. The zero-order valence-corrected chi connectivity index (χ0v) is 12.4. The zero-order valence-electron chi connectivity index (χ0n) is 12.4. The Morgan fingerprint density at radius 3 is 2.85 bits per heavy atom. The number of halogens is 1. The van der Waals surface area contributed by atoms with Gasteiger partial charge in [0, 0.05) is 26.7 Å². The normalized spacial score (nSPS) is 15.6. The van der Waals surface area contributed by atoms with Gasteiger partial charge in [-0.2, -0.15) is 4.98 Å². The summed E-state index contributed by atoms with van der Waals surface area (Å²) in [6.45, 7) is 6.91. The van der Waals surface area contributed by atoms with Crippen molar-refractivity contribution in [2.45, 2.75) is 26.2 Å². The van der Waals surface area contributed by atoms with Crippen LogP contribution in [-0.2, 0) is 0 Å². The van der Waals surface area contributed by atoms with E-state index in [0.717, 1.165) is 39.1 Å². The Hall–Kier alpha value is -1.43. The summed E-state index contributed by atoms with van der Waals surface area (Å²) in [7, 11) is 1.88. The Morgan fingerprint density at radius 2 is 2.15 bits per heavy atom. The molecule has 0 aliphatic carbocycles. The first-order valence-corrected chi connectivity index (χ1v) is 7.40. The summed E-state index contributed by atoms with van der Waals surface area (Å²) in [6, 6.07) is 0. The Kier molecular flexibility index (Phi) is 5.52. The number of hydrogen-bond donors (Lipinski definition) is 1. The first-order valence-electron chi connectivity index (χ1n) is 7.40. The molecule has 1 fully saturated rings. The Labute approximate surface area is 120 Å². The fourth-order valence-corrected chi connectivity index (χ4v) is 2.35. The van der Waals surface area contributed by atoms with E-state index in [1.54, 1.807) is 0 Å². The van der Waals surface area contributed by atoms with Crippen LogP contribution in [0.15, 0.2) is 6.20 Å². The van der Waals surface area contributed by atoms with Crippen LogP contribution in [0.25, 0.3) is 0 Å². The molecule has 2 rings (SSSR count). The molecule has 2 heterocycles. The molecule has 0 spiro atoms. The zero-order chi connectivity index (χ0) is 14.4. The minimum Gasteiger partial charge on any atom is -0.356 e. The lowest BCUT2D eigenvalue weighted by atomic mass is 10.4. The van der Waals surface area contributed by atoms with Crippen molar-refractivity contribution in [3.05, 3.63) is 12.0 Å². The lowest BCUT2D eigenvalue weighted by Gasteiger charge is -2.22. The van der Waals surface area contributed by atoms with Gasteiger partial charge in [0.25, 0.3) is 0 Å². The van der Waals surface area contributed by atoms with Crippen molar-refractivity contribution in [2.75, 3.05) is 50.0 Å². The molecule has 0 saturated carbocycles. The van der Waals surface area contributed by atoms with Crippen LogP contribution >= 0.6 is 0 Å². The van der Waals surface area contributed by atoms with Crippen LogP contribution < -0.4 is 10.2 Å². The van der Waals surface area contributed by atoms with Gasteiger partial charge in [-0.3, -0.25) is 0 Å². The minimum atomic E-state index is -0.365. The largest absolute Gasteiger partial charge is 0.356 e. The quantitative estimate of drug-likeness (QED) is 0.828. The van der Waals surface area contributed by atoms with Gasteiger partial charge in [0.15, 0.2) is 11.6 Å². The van der Waals surface area contributed by atoms with Gasteiger partial charge in [0.1, 0.15) is 0 Å². The lowest BCUT2D eigenvalue weighted by molar-refractivity contribution is 0.346. The summed E-state index contributed by atoms with van der Waals surface area (Å²) in [5, 5.41) is 3.09. The van der Waals surface area contributed by atoms with Crippen molar-refractivity contribution in [3.63, 3.8) is 0 Å². The molecule has 20 heavy (non-hydrogen) atoms. The molecule has 0 amide bonds. The van der Waals surface area contributed by atoms with Crippen molar-refractivity contribution in [2.24, 2.45) is 0 Å². The molecular weight excluding hydrogens is 257 g/mol. The molecule has 112 valence electrons. The number of aromatic nitrogens is 2. The highest BCUT2D eigenvalue weighted by Crippen LogP contribution is 2.16. The Balaban J connectivity index is 1.94. The van der Waals surface area contributed by atoms with Gasteiger partial charge in [0.2, 0.25) is 5.95 Å². The third-order valence-corrected chi connectivity index (χ3v) is 3.57. The Morgan fingerprint density at radius 1 is 1.40 bits per heavy atom. The van der Waals surface area contributed by atoms with Gasteiger partial charge < -0.3 is 15.1 Å². The monoisotopic (exact) mass is 281 g/mol. The van der Waals surface area contributed by atoms with Gasteiger partial charge in [-0.15, -0.1) is 0 Å². The average molecular weight is 281 g/mol. The third kappa shape index (κ3) is 4.03. The molecule has 6 heteroatoms. The minimum absolute atomic E-state index is 0.365. The van der Waals surface area contributed by atoms with Gasteiger partial charge in [-0.1, -0.05) is 6.92 Å². The van der Waals surface area contributed by atoms with Crippen LogP contribution in [0.2, 0.25) is 0 Å². The highest BCUT2D eigenvalue weighted by molar-refractivity contribution is 5.43. The SMILES string of the molecule is CCCNc1ncc(F)c(N(C)CCN2CCCC2)n1. The lowest BCUT2D eigenvalue weighted by Crippen LogP contribution is -2.32. The maximum absolute atomic E-state index is 13.8. The topological polar surface area (TPSA) is 44.3 Å². The van der Waals surface area contributed by atoms with Crippen LogP contribution in [0.1, 0.15) is 26.2 Å². The van der Waals surface area contributed by atoms with E-state index in [4.69, 9.17) is 0 Å². The van der Waals surface area contributed by atoms with Crippen molar-refractivity contribution >= 4 is 11.8 Å². The van der Waals surface area contributed by atoms with Crippen LogP contribution in [0.4, 0.5) is 16.2 Å². The first kappa shape index (κ1) is 15.0. The van der Waals surface area contributed by atoms with E-state index in [-0.39, 0.29) is 5.82 Å². The third-order valence-electron chi connectivity index (χ3n) is 3.57. The molecule has 5 nitrogen and oxygen atoms in total. The summed E-state index contributed by atoms with van der Waals surface area (Å²) in [4.78, 5) is 12.5. The van der Waals surface area contributed by atoms with E-state index >= 15 is 0 Å². The van der Waals surface area contributed by atoms with Gasteiger partial charge in [-0.05, 0) is 32.4 Å². The number of nitrogens with zero attached hydrogens (tertiary/aromatic N) is 4. The van der Waals surface area contributed by atoms with Crippen LogP contribution in [0.3, 0.4) is 0 Å². The van der Waals surface area contributed by atoms with Crippen LogP contribution in [0, 0.1) is 5.82 Å². The molecule has 0 aromatic carbocycles. The Bertz CT molecular complexity index is 420. The smallest absolute Gasteiger partial charge is 0.224 e. The van der Waals surface area contributed by atoms with E-state index in [1.807, 2.05) is 11.9 Å². The highest BCUT2D eigenvalue weighted by Gasteiger charge is 2.15. The van der Waals surface area contributed by atoms with Crippen LogP contribution in [0.5, 0.6) is 0 Å². The average Bonchev–Trinajstić information content (AvgIpc) is 2.97. The molecule has 1 aliphatic rings. The number of likely N-dealkylation sites (N-methyl/N-ethyl adjacent to an activating group) is 1. The summed E-state index contributed by atoms with van der Waals surface area (Å²) < 4.78 is 13.8. The van der Waals surface area contributed by atoms with E-state index < -0.39 is 0 Å². The summed E-state index contributed by atoms with van der Waals surface area (Å²) in [5.74, 6) is 0.505. The molecule has 1 aromatic rings.